The van der Waals surface area contributed by atoms with E-state index in [4.69, 9.17) is 0 Å². The fourth-order valence-electron chi connectivity index (χ4n) is 3.74. The molecular weight excluding hydrogens is 329 g/mol. The zero-order valence-electron chi connectivity index (χ0n) is 14.3. The van der Waals surface area contributed by atoms with E-state index in [0.717, 1.165) is 60.3 Å². The first-order chi connectivity index (χ1) is 12.8. The van der Waals surface area contributed by atoms with Gasteiger partial charge in [0.15, 0.2) is 6.29 Å². The Morgan fingerprint density at radius 2 is 1.69 bits per heavy atom. The molecule has 0 amide bonds. The number of pyridine rings is 1. The maximum atomic E-state index is 13.4. The number of H-pyrrole nitrogens is 1. The van der Waals surface area contributed by atoms with E-state index in [2.05, 4.69) is 15.3 Å². The summed E-state index contributed by atoms with van der Waals surface area (Å²) < 4.78 is 13.4. The molecule has 0 aliphatic carbocycles. The summed E-state index contributed by atoms with van der Waals surface area (Å²) in [5, 5.41) is 3.36. The number of carbonyl (C=O) groups is 1. The Hall–Kier alpha value is -2.79. The van der Waals surface area contributed by atoms with E-state index in [0.29, 0.717) is 11.5 Å². The molecule has 1 aromatic carbocycles. The second-order valence-corrected chi connectivity index (χ2v) is 6.59. The van der Waals surface area contributed by atoms with Crippen LogP contribution in [0.1, 0.15) is 34.8 Å². The Labute approximate surface area is 151 Å². The Morgan fingerprint density at radius 1 is 1.00 bits per heavy atom. The minimum absolute atomic E-state index is 0.278. The minimum atomic E-state index is -0.278. The first-order valence-electron chi connectivity index (χ1n) is 8.86. The quantitative estimate of drug-likeness (QED) is 0.695. The van der Waals surface area contributed by atoms with Crippen LogP contribution < -0.4 is 5.32 Å². The summed E-state index contributed by atoms with van der Waals surface area (Å²) in [6.45, 7) is 1.89. The molecule has 3 aromatic rings. The number of hydrogen-bond acceptors (Lipinski definition) is 3. The van der Waals surface area contributed by atoms with Crippen molar-refractivity contribution in [1.29, 1.82) is 0 Å². The lowest BCUT2D eigenvalue weighted by Crippen LogP contribution is -2.27. The van der Waals surface area contributed by atoms with E-state index in [-0.39, 0.29) is 5.82 Å². The Balaban J connectivity index is 1.92. The van der Waals surface area contributed by atoms with E-state index in [1.54, 1.807) is 24.5 Å². The molecule has 0 spiro atoms. The van der Waals surface area contributed by atoms with Crippen molar-refractivity contribution in [3.8, 4) is 22.4 Å². The highest BCUT2D eigenvalue weighted by Gasteiger charge is 2.26. The second-order valence-electron chi connectivity index (χ2n) is 6.59. The van der Waals surface area contributed by atoms with Crippen LogP contribution in [0.15, 0.2) is 48.8 Å². The summed E-state index contributed by atoms with van der Waals surface area (Å²) in [4.78, 5) is 19.6. The summed E-state index contributed by atoms with van der Waals surface area (Å²) in [6, 6.07) is 10.2. The van der Waals surface area contributed by atoms with Crippen molar-refractivity contribution in [2.75, 3.05) is 13.1 Å². The van der Waals surface area contributed by atoms with Gasteiger partial charge >= 0.3 is 0 Å². The van der Waals surface area contributed by atoms with Crippen LogP contribution in [0.4, 0.5) is 4.39 Å². The van der Waals surface area contributed by atoms with Gasteiger partial charge in [0.05, 0.1) is 5.69 Å². The molecule has 1 fully saturated rings. The third kappa shape index (κ3) is 3.06. The molecule has 3 heterocycles. The number of piperidine rings is 1. The highest BCUT2D eigenvalue weighted by molar-refractivity contribution is 5.97. The van der Waals surface area contributed by atoms with Crippen LogP contribution in [-0.2, 0) is 0 Å². The summed E-state index contributed by atoms with van der Waals surface area (Å²) in [5.74, 6) is 0.0335. The molecule has 2 N–H and O–H groups in total. The van der Waals surface area contributed by atoms with Crippen molar-refractivity contribution < 1.29 is 9.18 Å². The van der Waals surface area contributed by atoms with E-state index < -0.39 is 0 Å². The predicted octanol–water partition coefficient (Wildman–Crippen LogP) is 4.16. The van der Waals surface area contributed by atoms with E-state index in [1.165, 1.54) is 12.1 Å². The van der Waals surface area contributed by atoms with Gasteiger partial charge in [0.1, 0.15) is 5.82 Å². The maximum absolute atomic E-state index is 13.4. The van der Waals surface area contributed by atoms with E-state index in [9.17, 15) is 9.18 Å². The van der Waals surface area contributed by atoms with Crippen molar-refractivity contribution in [1.82, 2.24) is 15.3 Å². The lowest BCUT2D eigenvalue weighted by molar-refractivity contribution is 0.112. The number of aromatic amines is 1. The smallest absolute Gasteiger partial charge is 0.152 e. The molecule has 0 bridgehead atoms. The van der Waals surface area contributed by atoms with Gasteiger partial charge in [-0.2, -0.15) is 0 Å². The minimum Gasteiger partial charge on any atom is -0.357 e. The average molecular weight is 349 g/mol. The van der Waals surface area contributed by atoms with E-state index >= 15 is 0 Å². The fourth-order valence-corrected chi connectivity index (χ4v) is 3.74. The molecule has 132 valence electrons. The average Bonchev–Trinajstić information content (AvgIpc) is 3.09. The third-order valence-electron chi connectivity index (χ3n) is 5.04. The molecule has 1 saturated heterocycles. The summed E-state index contributed by atoms with van der Waals surface area (Å²) in [6.07, 6.45) is 6.35. The van der Waals surface area contributed by atoms with E-state index in [1.807, 2.05) is 12.1 Å². The highest BCUT2D eigenvalue weighted by Crippen LogP contribution is 2.40. The van der Waals surface area contributed by atoms with Gasteiger partial charge in [-0.05, 0) is 73.5 Å². The number of aldehydes is 1. The standard InChI is InChI=1S/C21H20FN3O/c22-17-3-1-15(2-4-17)21-19(14-5-9-23-10-6-14)18(13-26)20(25-21)16-7-11-24-12-8-16/h1-6,9-10,13,16,24-25H,7-8,11-12H2. The van der Waals surface area contributed by atoms with Crippen molar-refractivity contribution in [2.45, 2.75) is 18.8 Å². The van der Waals surface area contributed by atoms with Crippen molar-refractivity contribution in [2.24, 2.45) is 0 Å². The second kappa shape index (κ2) is 7.22. The molecule has 1 aliphatic heterocycles. The monoisotopic (exact) mass is 349 g/mol. The SMILES string of the molecule is O=Cc1c(C2CCNCC2)[nH]c(-c2ccc(F)cc2)c1-c1ccncc1. The highest BCUT2D eigenvalue weighted by atomic mass is 19.1. The fraction of sp³-hybridized carbons (Fsp3) is 0.238. The van der Waals surface area contributed by atoms with Crippen molar-refractivity contribution in [3.63, 3.8) is 0 Å². The van der Waals surface area contributed by atoms with Gasteiger partial charge in [-0.15, -0.1) is 0 Å². The Morgan fingerprint density at radius 3 is 2.35 bits per heavy atom. The number of benzene rings is 1. The number of carbonyl (C=O) groups excluding carboxylic acids is 1. The molecule has 0 unspecified atom stereocenters. The molecular formula is C21H20FN3O. The zero-order chi connectivity index (χ0) is 17.9. The molecule has 5 heteroatoms. The van der Waals surface area contributed by atoms with Gasteiger partial charge < -0.3 is 10.3 Å². The number of aromatic nitrogens is 2. The van der Waals surface area contributed by atoms with Crippen LogP contribution in [0.3, 0.4) is 0 Å². The Bertz CT molecular complexity index is 897. The third-order valence-corrected chi connectivity index (χ3v) is 5.04. The van der Waals surface area contributed by atoms with Gasteiger partial charge in [0.25, 0.3) is 0 Å². The van der Waals surface area contributed by atoms with Crippen molar-refractivity contribution >= 4 is 6.29 Å². The molecule has 4 rings (SSSR count). The van der Waals surface area contributed by atoms with Crippen LogP contribution in [0.5, 0.6) is 0 Å². The molecule has 4 nitrogen and oxygen atoms in total. The van der Waals surface area contributed by atoms with Gasteiger partial charge in [-0.25, -0.2) is 4.39 Å². The number of rotatable bonds is 4. The van der Waals surface area contributed by atoms with Gasteiger partial charge in [-0.3, -0.25) is 9.78 Å². The summed E-state index contributed by atoms with van der Waals surface area (Å²) in [7, 11) is 0. The lowest BCUT2D eigenvalue weighted by Gasteiger charge is -2.22. The number of nitrogens with zero attached hydrogens (tertiary/aromatic N) is 1. The van der Waals surface area contributed by atoms with Gasteiger partial charge in [-0.1, -0.05) is 0 Å². The lowest BCUT2D eigenvalue weighted by atomic mass is 9.90. The van der Waals surface area contributed by atoms with Gasteiger partial charge in [0.2, 0.25) is 0 Å². The van der Waals surface area contributed by atoms with Crippen LogP contribution >= 0.6 is 0 Å². The molecule has 1 aliphatic rings. The normalized spacial score (nSPS) is 15.1. The maximum Gasteiger partial charge on any atom is 0.152 e. The number of nitrogens with one attached hydrogen (secondary N) is 2. The first kappa shape index (κ1) is 16.7. The first-order valence-corrected chi connectivity index (χ1v) is 8.86. The molecule has 2 aromatic heterocycles. The largest absolute Gasteiger partial charge is 0.357 e. The van der Waals surface area contributed by atoms with Crippen LogP contribution in [-0.4, -0.2) is 29.3 Å². The molecule has 0 radical (unpaired) electrons. The van der Waals surface area contributed by atoms with Crippen LogP contribution in [0, 0.1) is 5.82 Å². The molecule has 26 heavy (non-hydrogen) atoms. The van der Waals surface area contributed by atoms with Crippen molar-refractivity contribution in [3.05, 3.63) is 65.9 Å². The number of hydrogen-bond donors (Lipinski definition) is 2. The summed E-state index contributed by atoms with van der Waals surface area (Å²) in [5.41, 5.74) is 5.18. The van der Waals surface area contributed by atoms with Crippen LogP contribution in [0.2, 0.25) is 0 Å². The number of halogens is 1. The molecule has 0 atom stereocenters. The Kier molecular flexibility index (Phi) is 4.63. The van der Waals surface area contributed by atoms with Crippen LogP contribution in [0.25, 0.3) is 22.4 Å². The van der Waals surface area contributed by atoms with Gasteiger partial charge in [0, 0.05) is 35.1 Å². The zero-order valence-corrected chi connectivity index (χ0v) is 14.3. The predicted molar refractivity (Wildman–Crippen MR) is 99.6 cm³/mol. The molecule has 0 saturated carbocycles. The topological polar surface area (TPSA) is 57.8 Å². The summed E-state index contributed by atoms with van der Waals surface area (Å²) >= 11 is 0.